The fourth-order valence-corrected chi connectivity index (χ4v) is 3.35. The molecule has 0 aromatic carbocycles. The van der Waals surface area contributed by atoms with Crippen LogP contribution in [0.3, 0.4) is 0 Å². The third-order valence-electron chi connectivity index (χ3n) is 4.54. The molecular formula is C16H20N4O5. The molecule has 2 fully saturated rings. The second kappa shape index (κ2) is 6.23. The molecule has 2 saturated heterocycles. The lowest BCUT2D eigenvalue weighted by atomic mass is 10.0. The highest BCUT2D eigenvalue weighted by atomic mass is 16.7. The van der Waals surface area contributed by atoms with Gasteiger partial charge in [-0.15, -0.1) is 0 Å². The van der Waals surface area contributed by atoms with E-state index in [0.717, 1.165) is 12.8 Å². The van der Waals surface area contributed by atoms with Gasteiger partial charge in [0.05, 0.1) is 19.8 Å². The van der Waals surface area contributed by atoms with Gasteiger partial charge in [0.15, 0.2) is 5.79 Å². The van der Waals surface area contributed by atoms with Gasteiger partial charge in [-0.1, -0.05) is 5.16 Å². The minimum atomic E-state index is -0.536. The Kier molecular flexibility index (Phi) is 4.04. The number of nitrogens with zero attached hydrogens (tertiary/aromatic N) is 4. The first-order valence-electron chi connectivity index (χ1n) is 8.46. The smallest absolute Gasteiger partial charge is 0.361 e. The van der Waals surface area contributed by atoms with E-state index in [1.165, 1.54) is 0 Å². The molecular weight excluding hydrogens is 328 g/mol. The van der Waals surface area contributed by atoms with Crippen molar-refractivity contribution in [2.24, 2.45) is 0 Å². The van der Waals surface area contributed by atoms with Gasteiger partial charge in [0, 0.05) is 25.9 Å². The molecule has 25 heavy (non-hydrogen) atoms. The summed E-state index contributed by atoms with van der Waals surface area (Å²) < 4.78 is 21.8. The van der Waals surface area contributed by atoms with Gasteiger partial charge in [-0.25, -0.2) is 9.78 Å². The predicted molar refractivity (Wildman–Crippen MR) is 86.4 cm³/mol. The summed E-state index contributed by atoms with van der Waals surface area (Å²) in [6.45, 7) is 6.44. The van der Waals surface area contributed by atoms with Crippen molar-refractivity contribution in [3.05, 3.63) is 11.5 Å². The summed E-state index contributed by atoms with van der Waals surface area (Å²) in [5.41, 5.74) is 0.403. The van der Waals surface area contributed by atoms with Gasteiger partial charge in [-0.05, 0) is 13.8 Å². The molecule has 9 nitrogen and oxygen atoms in total. The number of hydrogen-bond acceptors (Lipinski definition) is 9. The van der Waals surface area contributed by atoms with Crippen molar-refractivity contribution < 1.29 is 23.5 Å². The number of rotatable bonds is 3. The average molecular weight is 348 g/mol. The minimum absolute atomic E-state index is 0.112. The Morgan fingerprint density at radius 2 is 1.96 bits per heavy atom. The first-order chi connectivity index (χ1) is 12.1. The van der Waals surface area contributed by atoms with Crippen LogP contribution in [0.25, 0.3) is 11.1 Å². The molecule has 134 valence electrons. The maximum absolute atomic E-state index is 12.2. The fraction of sp³-hybridized carbons (Fsp3) is 0.625. The number of aromatic nitrogens is 3. The van der Waals surface area contributed by atoms with E-state index in [4.69, 9.17) is 18.7 Å². The first kappa shape index (κ1) is 16.2. The number of carbonyl (C=O) groups excluding carboxylic acids is 1. The highest BCUT2D eigenvalue weighted by molar-refractivity contribution is 6.04. The summed E-state index contributed by atoms with van der Waals surface area (Å²) in [7, 11) is 0. The number of ether oxygens (including phenoxy) is 3. The molecule has 4 heterocycles. The van der Waals surface area contributed by atoms with Crippen molar-refractivity contribution in [3.8, 4) is 0 Å². The number of hydrogen-bond donors (Lipinski definition) is 0. The molecule has 2 aliphatic heterocycles. The van der Waals surface area contributed by atoms with Gasteiger partial charge in [-0.2, -0.15) is 4.98 Å². The highest BCUT2D eigenvalue weighted by Gasteiger charge is 2.40. The first-order valence-corrected chi connectivity index (χ1v) is 8.46. The standard InChI is InChI=1S/C16H20N4O5/c1-3-22-15(21)12-11-13(17-10(2)18-14(11)25-19-12)20-6-4-16(5-7-20)23-8-9-24-16/h3-9H2,1-2H3. The van der Waals surface area contributed by atoms with Crippen LogP contribution < -0.4 is 4.90 Å². The van der Waals surface area contributed by atoms with E-state index in [1.807, 2.05) is 0 Å². The van der Waals surface area contributed by atoms with Crippen LogP contribution in [0.5, 0.6) is 0 Å². The fourth-order valence-electron chi connectivity index (χ4n) is 3.35. The summed E-state index contributed by atoms with van der Waals surface area (Å²) in [5, 5.41) is 4.35. The Hall–Kier alpha value is -2.26. The monoisotopic (exact) mass is 348 g/mol. The maximum atomic E-state index is 12.2. The van der Waals surface area contributed by atoms with Crippen molar-refractivity contribution in [1.29, 1.82) is 0 Å². The number of piperidine rings is 1. The molecule has 0 bridgehead atoms. The van der Waals surface area contributed by atoms with E-state index in [0.29, 0.717) is 49.0 Å². The molecule has 2 aromatic rings. The van der Waals surface area contributed by atoms with Crippen molar-refractivity contribution >= 4 is 22.9 Å². The second-order valence-electron chi connectivity index (χ2n) is 6.12. The summed E-state index contributed by atoms with van der Waals surface area (Å²) in [6, 6.07) is 0. The van der Waals surface area contributed by atoms with E-state index >= 15 is 0 Å². The molecule has 0 N–H and O–H groups in total. The lowest BCUT2D eigenvalue weighted by molar-refractivity contribution is -0.169. The van der Waals surface area contributed by atoms with Gasteiger partial charge in [0.25, 0.3) is 5.71 Å². The van der Waals surface area contributed by atoms with Crippen LogP contribution in [0.15, 0.2) is 4.52 Å². The van der Waals surface area contributed by atoms with Gasteiger partial charge in [0.1, 0.15) is 17.0 Å². The Labute approximate surface area is 144 Å². The van der Waals surface area contributed by atoms with Crippen LogP contribution in [0, 0.1) is 6.92 Å². The highest BCUT2D eigenvalue weighted by Crippen LogP contribution is 2.35. The quantitative estimate of drug-likeness (QED) is 0.763. The summed E-state index contributed by atoms with van der Waals surface area (Å²) >= 11 is 0. The molecule has 2 aromatic heterocycles. The van der Waals surface area contributed by atoms with E-state index in [1.54, 1.807) is 13.8 Å². The van der Waals surface area contributed by atoms with Crippen molar-refractivity contribution in [2.75, 3.05) is 37.8 Å². The van der Waals surface area contributed by atoms with Crippen LogP contribution in [0.1, 0.15) is 36.1 Å². The number of esters is 1. The lowest BCUT2D eigenvalue weighted by Crippen LogP contribution is -2.45. The van der Waals surface area contributed by atoms with E-state index in [2.05, 4.69) is 20.0 Å². The third kappa shape index (κ3) is 2.83. The molecule has 0 amide bonds. The Balaban J connectivity index is 1.69. The van der Waals surface area contributed by atoms with Crippen molar-refractivity contribution in [3.63, 3.8) is 0 Å². The van der Waals surface area contributed by atoms with Crippen LogP contribution in [-0.4, -0.2) is 59.8 Å². The van der Waals surface area contributed by atoms with Gasteiger partial charge >= 0.3 is 5.97 Å². The minimum Gasteiger partial charge on any atom is -0.461 e. The number of anilines is 1. The third-order valence-corrected chi connectivity index (χ3v) is 4.54. The Bertz CT molecular complexity index is 789. The van der Waals surface area contributed by atoms with Crippen molar-refractivity contribution in [2.45, 2.75) is 32.5 Å². The molecule has 1 spiro atoms. The van der Waals surface area contributed by atoms with E-state index < -0.39 is 11.8 Å². The molecule has 0 saturated carbocycles. The van der Waals surface area contributed by atoms with E-state index in [-0.39, 0.29) is 12.3 Å². The SMILES string of the molecule is CCOC(=O)c1noc2nc(C)nc(N3CCC4(CC3)OCCO4)c12. The zero-order valence-electron chi connectivity index (χ0n) is 14.3. The van der Waals surface area contributed by atoms with Gasteiger partial charge in [-0.3, -0.25) is 0 Å². The van der Waals surface area contributed by atoms with Crippen LogP contribution in [0.2, 0.25) is 0 Å². The zero-order valence-corrected chi connectivity index (χ0v) is 14.3. The molecule has 9 heteroatoms. The topological polar surface area (TPSA) is 99.8 Å². The number of fused-ring (bicyclic) bond motifs is 1. The largest absolute Gasteiger partial charge is 0.461 e. The van der Waals surface area contributed by atoms with Crippen LogP contribution >= 0.6 is 0 Å². The lowest BCUT2D eigenvalue weighted by Gasteiger charge is -2.38. The summed E-state index contributed by atoms with van der Waals surface area (Å²) in [4.78, 5) is 23.1. The molecule has 0 radical (unpaired) electrons. The average Bonchev–Trinajstić information content (AvgIpc) is 3.22. The van der Waals surface area contributed by atoms with E-state index in [9.17, 15) is 4.79 Å². The summed E-state index contributed by atoms with van der Waals surface area (Å²) in [5.74, 6) is 0.185. The molecule has 2 aliphatic rings. The van der Waals surface area contributed by atoms with Crippen LogP contribution in [-0.2, 0) is 14.2 Å². The van der Waals surface area contributed by atoms with Gasteiger partial charge in [0.2, 0.25) is 5.69 Å². The number of aryl methyl sites for hydroxylation is 1. The Morgan fingerprint density at radius 1 is 1.24 bits per heavy atom. The number of carbonyl (C=O) groups is 1. The second-order valence-corrected chi connectivity index (χ2v) is 6.12. The van der Waals surface area contributed by atoms with Crippen molar-refractivity contribution in [1.82, 2.24) is 15.1 Å². The predicted octanol–water partition coefficient (Wildman–Crippen LogP) is 1.45. The Morgan fingerprint density at radius 3 is 2.64 bits per heavy atom. The summed E-state index contributed by atoms with van der Waals surface area (Å²) in [6.07, 6.45) is 1.47. The molecule has 0 unspecified atom stereocenters. The maximum Gasteiger partial charge on any atom is 0.361 e. The molecule has 0 aliphatic carbocycles. The zero-order chi connectivity index (χ0) is 17.4. The molecule has 0 atom stereocenters. The van der Waals surface area contributed by atoms with Gasteiger partial charge < -0.3 is 23.6 Å². The normalized spacial score (nSPS) is 19.7. The van der Waals surface area contributed by atoms with Crippen LogP contribution in [0.4, 0.5) is 5.82 Å². The molecule has 4 rings (SSSR count).